The third kappa shape index (κ3) is 4.86. The molecule has 1 saturated heterocycles. The molecule has 0 aliphatic carbocycles. The highest BCUT2D eigenvalue weighted by molar-refractivity contribution is 7.18. The van der Waals surface area contributed by atoms with Gasteiger partial charge in [0.05, 0.1) is 12.3 Å². The fourth-order valence-corrected chi connectivity index (χ4v) is 4.45. The van der Waals surface area contributed by atoms with Crippen molar-refractivity contribution in [2.45, 2.75) is 26.3 Å². The van der Waals surface area contributed by atoms with E-state index in [1.165, 1.54) is 0 Å². The molecule has 0 unspecified atom stereocenters. The highest BCUT2D eigenvalue weighted by atomic mass is 32.1. The Morgan fingerprint density at radius 1 is 1.16 bits per heavy atom. The number of hydrogen-bond donors (Lipinski definition) is 1. The first-order valence-electron chi connectivity index (χ1n) is 10.5. The summed E-state index contributed by atoms with van der Waals surface area (Å²) in [4.78, 5) is 43.9. The van der Waals surface area contributed by atoms with E-state index in [-0.39, 0.29) is 18.4 Å². The number of amides is 2. The lowest BCUT2D eigenvalue weighted by molar-refractivity contribution is -0.128. The summed E-state index contributed by atoms with van der Waals surface area (Å²) in [6.45, 7) is 3.22. The number of nitrogens with one attached hydrogen (secondary N) is 1. The van der Waals surface area contributed by atoms with E-state index in [4.69, 9.17) is 4.74 Å². The van der Waals surface area contributed by atoms with Gasteiger partial charge in [-0.25, -0.2) is 9.78 Å². The Bertz CT molecular complexity index is 1140. The normalized spacial score (nSPS) is 13.3. The number of thiazole rings is 1. The number of benzene rings is 2. The largest absolute Gasteiger partial charge is 0.462 e. The molecular weight excluding hydrogens is 426 g/mol. The maximum absolute atomic E-state index is 12.9. The van der Waals surface area contributed by atoms with Crippen molar-refractivity contribution in [2.24, 2.45) is 0 Å². The van der Waals surface area contributed by atoms with Gasteiger partial charge in [-0.15, -0.1) is 0 Å². The topological polar surface area (TPSA) is 88.6 Å². The average Bonchev–Trinajstić information content (AvgIpc) is 3.41. The minimum atomic E-state index is -0.471. The minimum Gasteiger partial charge on any atom is -0.462 e. The molecule has 1 aromatic heterocycles. The van der Waals surface area contributed by atoms with Crippen LogP contribution in [0.2, 0.25) is 0 Å². The van der Waals surface area contributed by atoms with Crippen LogP contribution >= 0.6 is 11.3 Å². The molecule has 0 bridgehead atoms. The number of aromatic nitrogens is 1. The van der Waals surface area contributed by atoms with Crippen molar-refractivity contribution < 1.29 is 19.1 Å². The van der Waals surface area contributed by atoms with Crippen LogP contribution in [-0.2, 0) is 16.1 Å². The number of likely N-dealkylation sites (tertiary alicyclic amines) is 1. The minimum absolute atomic E-state index is 0.141. The fourth-order valence-electron chi connectivity index (χ4n) is 3.57. The number of anilines is 1. The van der Waals surface area contributed by atoms with Gasteiger partial charge in [0.25, 0.3) is 5.91 Å². The fraction of sp³-hybridized carbons (Fsp3) is 0.250. The molecule has 3 aromatic rings. The predicted molar refractivity (Wildman–Crippen MR) is 123 cm³/mol. The Hall–Kier alpha value is -3.52. The molecule has 2 heterocycles. The smallest absolute Gasteiger partial charge is 0.350 e. The average molecular weight is 450 g/mol. The van der Waals surface area contributed by atoms with Crippen LogP contribution in [0.5, 0.6) is 0 Å². The second kappa shape index (κ2) is 9.74. The summed E-state index contributed by atoms with van der Waals surface area (Å²) in [7, 11) is 0. The third-order valence-corrected chi connectivity index (χ3v) is 6.04. The zero-order valence-electron chi connectivity index (χ0n) is 17.7. The van der Waals surface area contributed by atoms with Crippen LogP contribution in [0.1, 0.15) is 45.4 Å². The van der Waals surface area contributed by atoms with E-state index in [9.17, 15) is 14.4 Å². The quantitative estimate of drug-likeness (QED) is 0.542. The molecule has 0 atom stereocenters. The van der Waals surface area contributed by atoms with Crippen LogP contribution in [0.3, 0.4) is 0 Å². The molecule has 2 amide bonds. The Balaban J connectivity index is 1.55. The maximum atomic E-state index is 12.9. The summed E-state index contributed by atoms with van der Waals surface area (Å²) in [6.07, 6.45) is 1.45. The number of hydrogen-bond acceptors (Lipinski definition) is 6. The van der Waals surface area contributed by atoms with Crippen molar-refractivity contribution in [1.29, 1.82) is 0 Å². The zero-order valence-corrected chi connectivity index (χ0v) is 18.5. The van der Waals surface area contributed by atoms with Gasteiger partial charge >= 0.3 is 5.97 Å². The Kier molecular flexibility index (Phi) is 6.61. The number of ether oxygens (including phenoxy) is 1. The van der Waals surface area contributed by atoms with Gasteiger partial charge in [0.1, 0.15) is 4.88 Å². The Morgan fingerprint density at radius 2 is 1.97 bits per heavy atom. The predicted octanol–water partition coefficient (Wildman–Crippen LogP) is 4.36. The lowest BCUT2D eigenvalue weighted by Gasteiger charge is -2.15. The molecule has 7 nitrogen and oxygen atoms in total. The van der Waals surface area contributed by atoms with Crippen LogP contribution in [-0.4, -0.2) is 40.8 Å². The summed E-state index contributed by atoms with van der Waals surface area (Å²) in [5.74, 6) is -0.660. The molecule has 1 fully saturated rings. The first kappa shape index (κ1) is 21.7. The SMILES string of the molecule is CCOC(=O)c1sc(NC(=O)c2cccc(CN3CCCC3=O)c2)nc1-c1ccccc1. The van der Waals surface area contributed by atoms with Gasteiger partial charge in [-0.1, -0.05) is 53.8 Å². The molecule has 1 aliphatic heterocycles. The van der Waals surface area contributed by atoms with Gasteiger partial charge in [0.2, 0.25) is 5.91 Å². The lowest BCUT2D eigenvalue weighted by Crippen LogP contribution is -2.24. The Labute approximate surface area is 190 Å². The first-order valence-corrected chi connectivity index (χ1v) is 11.3. The van der Waals surface area contributed by atoms with Gasteiger partial charge < -0.3 is 9.64 Å². The van der Waals surface area contributed by atoms with Gasteiger partial charge in [-0.2, -0.15) is 0 Å². The van der Waals surface area contributed by atoms with Crippen molar-refractivity contribution in [2.75, 3.05) is 18.5 Å². The first-order chi connectivity index (χ1) is 15.5. The number of carbonyl (C=O) groups excluding carboxylic acids is 3. The van der Waals surface area contributed by atoms with Crippen LogP contribution < -0.4 is 5.32 Å². The number of nitrogens with zero attached hydrogens (tertiary/aromatic N) is 2. The summed E-state index contributed by atoms with van der Waals surface area (Å²) in [5, 5.41) is 3.11. The molecule has 0 radical (unpaired) electrons. The van der Waals surface area contributed by atoms with Crippen molar-refractivity contribution in [1.82, 2.24) is 9.88 Å². The maximum Gasteiger partial charge on any atom is 0.350 e. The van der Waals surface area contributed by atoms with Crippen LogP contribution in [0.25, 0.3) is 11.3 Å². The van der Waals surface area contributed by atoms with Gasteiger partial charge in [0, 0.05) is 30.6 Å². The van der Waals surface area contributed by atoms with Crippen LogP contribution in [0.15, 0.2) is 54.6 Å². The standard InChI is InChI=1S/C24H23N3O4S/c1-2-31-23(30)21-20(17-9-4-3-5-10-17)25-24(32-21)26-22(29)18-11-6-8-16(14-18)15-27-13-7-12-19(27)28/h3-6,8-11,14H,2,7,12-13,15H2,1H3,(H,25,26,29). The second-order valence-corrected chi connectivity index (χ2v) is 8.36. The van der Waals surface area contributed by atoms with Crippen molar-refractivity contribution in [3.63, 3.8) is 0 Å². The molecule has 1 aliphatic rings. The van der Waals surface area contributed by atoms with E-state index in [1.54, 1.807) is 30.0 Å². The summed E-state index contributed by atoms with van der Waals surface area (Å²) >= 11 is 1.09. The number of rotatable bonds is 7. The zero-order chi connectivity index (χ0) is 22.5. The van der Waals surface area contributed by atoms with Gasteiger partial charge in [-0.05, 0) is 31.0 Å². The van der Waals surface area contributed by atoms with Gasteiger partial charge in [0.15, 0.2) is 5.13 Å². The molecular formula is C24H23N3O4S. The van der Waals surface area contributed by atoms with Crippen LogP contribution in [0.4, 0.5) is 5.13 Å². The van der Waals surface area contributed by atoms with E-state index in [1.807, 2.05) is 36.4 Å². The van der Waals surface area contributed by atoms with E-state index in [0.717, 1.165) is 35.4 Å². The number of carbonyl (C=O) groups is 3. The van der Waals surface area contributed by atoms with Crippen molar-refractivity contribution in [3.05, 3.63) is 70.6 Å². The van der Waals surface area contributed by atoms with E-state index < -0.39 is 5.97 Å². The molecule has 164 valence electrons. The molecule has 2 aromatic carbocycles. The molecule has 0 saturated carbocycles. The second-order valence-electron chi connectivity index (χ2n) is 7.36. The summed E-state index contributed by atoms with van der Waals surface area (Å²) in [5.41, 5.74) is 2.60. The van der Waals surface area contributed by atoms with Gasteiger partial charge in [-0.3, -0.25) is 14.9 Å². The summed E-state index contributed by atoms with van der Waals surface area (Å²) in [6, 6.07) is 16.5. The highest BCUT2D eigenvalue weighted by Gasteiger charge is 2.23. The van der Waals surface area contributed by atoms with E-state index >= 15 is 0 Å². The van der Waals surface area contributed by atoms with E-state index in [0.29, 0.717) is 34.2 Å². The molecule has 32 heavy (non-hydrogen) atoms. The van der Waals surface area contributed by atoms with Crippen molar-refractivity contribution >= 4 is 34.3 Å². The lowest BCUT2D eigenvalue weighted by atomic mass is 10.1. The molecule has 4 rings (SSSR count). The number of esters is 1. The highest BCUT2D eigenvalue weighted by Crippen LogP contribution is 2.32. The Morgan fingerprint density at radius 3 is 2.69 bits per heavy atom. The van der Waals surface area contributed by atoms with E-state index in [2.05, 4.69) is 10.3 Å². The van der Waals surface area contributed by atoms with Crippen molar-refractivity contribution in [3.8, 4) is 11.3 Å². The van der Waals surface area contributed by atoms with Crippen LogP contribution in [0, 0.1) is 0 Å². The summed E-state index contributed by atoms with van der Waals surface area (Å²) < 4.78 is 5.17. The monoisotopic (exact) mass is 449 g/mol. The molecule has 8 heteroatoms. The third-order valence-electron chi connectivity index (χ3n) is 5.09. The molecule has 1 N–H and O–H groups in total. The molecule has 0 spiro atoms.